The van der Waals surface area contributed by atoms with Crippen molar-refractivity contribution in [3.63, 3.8) is 0 Å². The highest BCUT2D eigenvalue weighted by atomic mass is 16.5. The van der Waals surface area contributed by atoms with Crippen molar-refractivity contribution in [1.82, 2.24) is 9.80 Å². The van der Waals surface area contributed by atoms with Gasteiger partial charge < -0.3 is 15.0 Å². The maximum atomic E-state index is 12.8. The molecular weight excluding hydrogens is 414 g/mol. The molecule has 6 nitrogen and oxygen atoms in total. The summed E-state index contributed by atoms with van der Waals surface area (Å²) in [4.78, 5) is 29.4. The summed E-state index contributed by atoms with van der Waals surface area (Å²) in [5, 5.41) is 2.98. The molecule has 0 spiro atoms. The van der Waals surface area contributed by atoms with Crippen LogP contribution in [0, 0.1) is 0 Å². The SMILES string of the molecule is CC(C(=O)Nc1ccc(OCc2ccccc2)cc1)N1CCN(C(=O)c2ccccc2)CC1. The van der Waals surface area contributed by atoms with E-state index in [9.17, 15) is 9.59 Å². The molecule has 0 saturated carbocycles. The second-order valence-electron chi connectivity index (χ2n) is 8.16. The highest BCUT2D eigenvalue weighted by Gasteiger charge is 2.27. The van der Waals surface area contributed by atoms with Crippen LogP contribution in [0.1, 0.15) is 22.8 Å². The molecule has 0 aliphatic carbocycles. The molecule has 1 unspecified atom stereocenters. The first kappa shape index (κ1) is 22.6. The smallest absolute Gasteiger partial charge is 0.253 e. The molecular formula is C27H29N3O3. The van der Waals surface area contributed by atoms with Gasteiger partial charge in [0.1, 0.15) is 12.4 Å². The molecule has 0 radical (unpaired) electrons. The normalized spacial score (nSPS) is 15.0. The molecule has 1 aliphatic heterocycles. The molecule has 170 valence electrons. The van der Waals surface area contributed by atoms with Crippen LogP contribution in [0.2, 0.25) is 0 Å². The minimum atomic E-state index is -0.284. The van der Waals surface area contributed by atoms with Gasteiger partial charge in [0, 0.05) is 37.4 Å². The van der Waals surface area contributed by atoms with Crippen molar-refractivity contribution in [2.45, 2.75) is 19.6 Å². The third-order valence-corrected chi connectivity index (χ3v) is 5.92. The van der Waals surface area contributed by atoms with Crippen molar-refractivity contribution in [3.8, 4) is 5.75 Å². The van der Waals surface area contributed by atoms with Gasteiger partial charge in [-0.15, -0.1) is 0 Å². The van der Waals surface area contributed by atoms with Crippen LogP contribution in [0.15, 0.2) is 84.9 Å². The lowest BCUT2D eigenvalue weighted by atomic mass is 10.1. The van der Waals surface area contributed by atoms with Gasteiger partial charge in [-0.05, 0) is 48.9 Å². The highest BCUT2D eigenvalue weighted by Crippen LogP contribution is 2.18. The van der Waals surface area contributed by atoms with Crippen molar-refractivity contribution in [2.75, 3.05) is 31.5 Å². The van der Waals surface area contributed by atoms with Crippen LogP contribution in [0.25, 0.3) is 0 Å². The Morgan fingerprint density at radius 1 is 0.848 bits per heavy atom. The molecule has 2 amide bonds. The predicted molar refractivity (Wildman–Crippen MR) is 129 cm³/mol. The van der Waals surface area contributed by atoms with E-state index in [0.717, 1.165) is 17.0 Å². The lowest BCUT2D eigenvalue weighted by Crippen LogP contribution is -2.54. The molecule has 4 rings (SSSR count). The Morgan fingerprint density at radius 3 is 2.09 bits per heavy atom. The average molecular weight is 444 g/mol. The number of nitrogens with zero attached hydrogens (tertiary/aromatic N) is 2. The molecule has 0 bridgehead atoms. The standard InChI is InChI=1S/C27H29N3O3/c1-21(29-16-18-30(19-17-29)27(32)23-10-6-3-7-11-23)26(31)28-24-12-14-25(15-13-24)33-20-22-8-4-2-5-9-22/h2-15,21H,16-20H2,1H3,(H,28,31). The number of anilines is 1. The van der Waals surface area contributed by atoms with E-state index >= 15 is 0 Å². The van der Waals surface area contributed by atoms with Gasteiger partial charge in [0.25, 0.3) is 5.91 Å². The average Bonchev–Trinajstić information content (AvgIpc) is 2.88. The van der Waals surface area contributed by atoms with Gasteiger partial charge in [0.15, 0.2) is 0 Å². The summed E-state index contributed by atoms with van der Waals surface area (Å²) in [6.45, 7) is 4.96. The first-order chi connectivity index (χ1) is 16.1. The molecule has 0 aromatic heterocycles. The van der Waals surface area contributed by atoms with Crippen molar-refractivity contribution >= 4 is 17.5 Å². The number of hydrogen-bond donors (Lipinski definition) is 1. The molecule has 1 aliphatic rings. The van der Waals surface area contributed by atoms with E-state index in [1.807, 2.05) is 96.8 Å². The number of amides is 2. The van der Waals surface area contributed by atoms with Gasteiger partial charge >= 0.3 is 0 Å². The van der Waals surface area contributed by atoms with Crippen LogP contribution in [-0.4, -0.2) is 53.8 Å². The second kappa shape index (κ2) is 10.8. The lowest BCUT2D eigenvalue weighted by molar-refractivity contribution is -0.121. The van der Waals surface area contributed by atoms with Gasteiger partial charge in [0.05, 0.1) is 6.04 Å². The fourth-order valence-electron chi connectivity index (χ4n) is 3.86. The van der Waals surface area contributed by atoms with Gasteiger partial charge in [0.2, 0.25) is 5.91 Å². The zero-order valence-electron chi connectivity index (χ0n) is 18.8. The number of piperazine rings is 1. The summed E-state index contributed by atoms with van der Waals surface area (Å²) in [5.74, 6) is 0.738. The second-order valence-corrected chi connectivity index (χ2v) is 8.16. The summed E-state index contributed by atoms with van der Waals surface area (Å²) in [6, 6.07) is 26.4. The van der Waals surface area contributed by atoms with Gasteiger partial charge in [-0.2, -0.15) is 0 Å². The van der Waals surface area contributed by atoms with Crippen LogP contribution in [0.4, 0.5) is 5.69 Å². The van der Waals surface area contributed by atoms with Gasteiger partial charge in [-0.3, -0.25) is 14.5 Å². The zero-order valence-corrected chi connectivity index (χ0v) is 18.8. The fourth-order valence-corrected chi connectivity index (χ4v) is 3.86. The Balaban J connectivity index is 1.24. The topological polar surface area (TPSA) is 61.9 Å². The Labute approximate surface area is 194 Å². The van der Waals surface area contributed by atoms with Crippen molar-refractivity contribution in [2.24, 2.45) is 0 Å². The first-order valence-corrected chi connectivity index (χ1v) is 11.3. The van der Waals surface area contributed by atoms with Crippen molar-refractivity contribution < 1.29 is 14.3 Å². The fraction of sp³-hybridized carbons (Fsp3) is 0.259. The summed E-state index contributed by atoms with van der Waals surface area (Å²) in [6.07, 6.45) is 0. The third kappa shape index (κ3) is 5.99. The number of nitrogens with one attached hydrogen (secondary N) is 1. The number of carbonyl (C=O) groups excluding carboxylic acids is 2. The molecule has 3 aromatic carbocycles. The van der Waals surface area contributed by atoms with Crippen molar-refractivity contribution in [1.29, 1.82) is 0 Å². The molecule has 1 saturated heterocycles. The van der Waals surface area contributed by atoms with E-state index in [-0.39, 0.29) is 17.9 Å². The minimum absolute atomic E-state index is 0.0435. The van der Waals surface area contributed by atoms with Crippen LogP contribution in [-0.2, 0) is 11.4 Å². The van der Waals surface area contributed by atoms with E-state index in [1.54, 1.807) is 0 Å². The van der Waals surface area contributed by atoms with Gasteiger partial charge in [-0.1, -0.05) is 48.5 Å². The molecule has 33 heavy (non-hydrogen) atoms. The van der Waals surface area contributed by atoms with Crippen LogP contribution in [0.5, 0.6) is 5.75 Å². The number of benzene rings is 3. The maximum Gasteiger partial charge on any atom is 0.253 e. The minimum Gasteiger partial charge on any atom is -0.489 e. The Morgan fingerprint density at radius 2 is 1.45 bits per heavy atom. The Bertz CT molecular complexity index is 1050. The Kier molecular flexibility index (Phi) is 7.37. The molecule has 1 atom stereocenters. The summed E-state index contributed by atoms with van der Waals surface area (Å²) in [5.41, 5.74) is 2.54. The number of carbonyl (C=O) groups is 2. The van der Waals surface area contributed by atoms with Crippen LogP contribution < -0.4 is 10.1 Å². The van der Waals surface area contributed by atoms with Crippen LogP contribution in [0.3, 0.4) is 0 Å². The van der Waals surface area contributed by atoms with E-state index in [2.05, 4.69) is 10.2 Å². The van der Waals surface area contributed by atoms with E-state index in [4.69, 9.17) is 4.74 Å². The van der Waals surface area contributed by atoms with E-state index < -0.39 is 0 Å². The predicted octanol–water partition coefficient (Wildman–Crippen LogP) is 4.05. The first-order valence-electron chi connectivity index (χ1n) is 11.3. The van der Waals surface area contributed by atoms with E-state index in [1.165, 1.54) is 0 Å². The summed E-state index contributed by atoms with van der Waals surface area (Å²) >= 11 is 0. The number of ether oxygens (including phenoxy) is 1. The molecule has 1 N–H and O–H groups in total. The molecule has 3 aromatic rings. The number of rotatable bonds is 7. The largest absolute Gasteiger partial charge is 0.489 e. The Hall–Kier alpha value is -3.64. The molecule has 6 heteroatoms. The van der Waals surface area contributed by atoms with Crippen molar-refractivity contribution in [3.05, 3.63) is 96.1 Å². The van der Waals surface area contributed by atoms with Crippen LogP contribution >= 0.6 is 0 Å². The highest BCUT2D eigenvalue weighted by molar-refractivity contribution is 5.95. The monoisotopic (exact) mass is 443 g/mol. The lowest BCUT2D eigenvalue weighted by Gasteiger charge is -2.37. The number of hydrogen-bond acceptors (Lipinski definition) is 4. The molecule has 1 heterocycles. The summed E-state index contributed by atoms with van der Waals surface area (Å²) in [7, 11) is 0. The maximum absolute atomic E-state index is 12.8. The third-order valence-electron chi connectivity index (χ3n) is 5.92. The quantitative estimate of drug-likeness (QED) is 0.599. The zero-order chi connectivity index (χ0) is 23.0. The van der Waals surface area contributed by atoms with Gasteiger partial charge in [-0.25, -0.2) is 0 Å². The molecule has 1 fully saturated rings. The van der Waals surface area contributed by atoms with E-state index in [0.29, 0.717) is 38.3 Å². The summed E-state index contributed by atoms with van der Waals surface area (Å²) < 4.78 is 5.80.